The van der Waals surface area contributed by atoms with Gasteiger partial charge in [0.15, 0.2) is 0 Å². The van der Waals surface area contributed by atoms with Gasteiger partial charge >= 0.3 is 0 Å². The van der Waals surface area contributed by atoms with Gasteiger partial charge in [0.1, 0.15) is 40.6 Å². The molecule has 0 radical (unpaired) electrons. The van der Waals surface area contributed by atoms with E-state index in [4.69, 9.17) is 5.73 Å². The minimum absolute atomic E-state index is 0.0353. The predicted octanol–water partition coefficient (Wildman–Crippen LogP) is 6.17. The highest BCUT2D eigenvalue weighted by atomic mass is 19.1. The number of nitrogens with zero attached hydrogens (tertiary/aromatic N) is 5. The van der Waals surface area contributed by atoms with E-state index in [1.54, 1.807) is 37.0 Å². The van der Waals surface area contributed by atoms with Crippen molar-refractivity contribution in [2.75, 3.05) is 11.1 Å². The number of anilines is 2. The monoisotopic (exact) mass is 597 g/mol. The Morgan fingerprint density at radius 2 is 1.73 bits per heavy atom. The molecule has 0 saturated heterocycles. The summed E-state index contributed by atoms with van der Waals surface area (Å²) in [5.41, 5.74) is 5.55. The minimum Gasteiger partial charge on any atom is -0.383 e. The lowest BCUT2D eigenvalue weighted by Crippen LogP contribution is -2.27. The van der Waals surface area contributed by atoms with Gasteiger partial charge in [-0.15, -0.1) is 0 Å². The zero-order valence-corrected chi connectivity index (χ0v) is 23.9. The second-order valence-electron chi connectivity index (χ2n) is 10.2. The van der Waals surface area contributed by atoms with Crippen molar-refractivity contribution in [2.45, 2.75) is 33.4 Å². The molecule has 12 heteroatoms. The number of aryl methyl sites for hydroxylation is 1. The molecule has 2 aromatic carbocycles. The Bertz CT molecular complexity index is 2010. The summed E-state index contributed by atoms with van der Waals surface area (Å²) in [6.07, 6.45) is 6.09. The van der Waals surface area contributed by atoms with E-state index in [1.165, 1.54) is 29.1 Å². The second-order valence-corrected chi connectivity index (χ2v) is 10.2. The van der Waals surface area contributed by atoms with E-state index in [-0.39, 0.29) is 39.8 Å². The molecule has 0 unspecified atom stereocenters. The van der Waals surface area contributed by atoms with Gasteiger partial charge in [0.25, 0.3) is 5.91 Å². The summed E-state index contributed by atoms with van der Waals surface area (Å²) in [7, 11) is 0. The van der Waals surface area contributed by atoms with Gasteiger partial charge in [-0.2, -0.15) is 10.4 Å². The molecule has 222 valence electrons. The predicted molar refractivity (Wildman–Crippen MR) is 160 cm³/mol. The molecule has 0 fully saturated rings. The van der Waals surface area contributed by atoms with Crippen LogP contribution in [0.15, 0.2) is 72.0 Å². The molecule has 5 rings (SSSR count). The van der Waals surface area contributed by atoms with Crippen LogP contribution in [0.4, 0.5) is 24.7 Å². The van der Waals surface area contributed by atoms with Crippen LogP contribution in [0.1, 0.15) is 42.9 Å². The number of rotatable bonds is 7. The van der Waals surface area contributed by atoms with Crippen LogP contribution in [-0.4, -0.2) is 25.2 Å². The summed E-state index contributed by atoms with van der Waals surface area (Å²) in [6, 6.07) is 9.74. The van der Waals surface area contributed by atoms with Crippen LogP contribution in [0, 0.1) is 28.8 Å². The van der Waals surface area contributed by atoms with Gasteiger partial charge in [0, 0.05) is 59.5 Å². The molecular weight excluding hydrogens is 571 g/mol. The SMILES string of the molecule is CCn1cc(-c2cnc(N)c(-c3cc(F)c(NC(=O)c4cn(C(C)C)c(C#N)c(-c5ccc(F)cc5)c4=O)cc3F)c2)cn1. The molecule has 44 heavy (non-hydrogen) atoms. The molecule has 0 aliphatic carbocycles. The Labute approximate surface area is 250 Å². The number of benzene rings is 2. The summed E-state index contributed by atoms with van der Waals surface area (Å²) < 4.78 is 47.6. The van der Waals surface area contributed by atoms with Crippen LogP contribution in [-0.2, 0) is 6.54 Å². The standard InChI is InChI=1S/C32H26F3N7O2/c1-4-41-15-20(14-39-41)19-9-23(31(37)38-13-19)22-10-26(35)27(11-25(22)34)40-32(44)24-16-42(17(2)3)28(12-36)29(30(24)43)18-5-7-21(33)8-6-18/h5-11,13-17H,4H2,1-3H3,(H2,37,38)(H,40,44). The lowest BCUT2D eigenvalue weighted by molar-refractivity contribution is 0.102. The number of nitrogens with one attached hydrogen (secondary N) is 1. The maximum absolute atomic E-state index is 15.5. The number of aromatic nitrogens is 4. The number of amides is 1. The van der Waals surface area contributed by atoms with E-state index in [0.29, 0.717) is 17.7 Å². The van der Waals surface area contributed by atoms with Crippen LogP contribution >= 0.6 is 0 Å². The summed E-state index contributed by atoms with van der Waals surface area (Å²) in [4.78, 5) is 31.0. The van der Waals surface area contributed by atoms with Gasteiger partial charge in [-0.3, -0.25) is 14.3 Å². The van der Waals surface area contributed by atoms with Crippen molar-refractivity contribution in [3.05, 3.63) is 106 Å². The number of hydrogen-bond donors (Lipinski definition) is 2. The van der Waals surface area contributed by atoms with E-state index in [2.05, 4.69) is 15.4 Å². The van der Waals surface area contributed by atoms with Crippen LogP contribution in [0.2, 0.25) is 0 Å². The summed E-state index contributed by atoms with van der Waals surface area (Å²) in [6.45, 7) is 6.04. The van der Waals surface area contributed by atoms with Crippen molar-refractivity contribution in [3.63, 3.8) is 0 Å². The molecule has 3 heterocycles. The van der Waals surface area contributed by atoms with Crippen molar-refractivity contribution < 1.29 is 18.0 Å². The summed E-state index contributed by atoms with van der Waals surface area (Å²) in [5.74, 6) is -3.51. The highest BCUT2D eigenvalue weighted by molar-refractivity contribution is 6.05. The summed E-state index contributed by atoms with van der Waals surface area (Å²) in [5, 5.41) is 16.3. The molecule has 0 aliphatic heterocycles. The molecule has 3 aromatic heterocycles. The van der Waals surface area contributed by atoms with E-state index in [1.807, 2.05) is 13.0 Å². The Hall–Kier alpha value is -5.70. The number of pyridine rings is 2. The van der Waals surface area contributed by atoms with Gasteiger partial charge < -0.3 is 15.6 Å². The zero-order valence-electron chi connectivity index (χ0n) is 23.9. The van der Waals surface area contributed by atoms with Gasteiger partial charge in [0.05, 0.1) is 17.4 Å². The first kappa shape index (κ1) is 29.8. The second kappa shape index (κ2) is 11.9. The first-order valence-corrected chi connectivity index (χ1v) is 13.6. The molecule has 5 aromatic rings. The highest BCUT2D eigenvalue weighted by Crippen LogP contribution is 2.34. The molecular formula is C32H26F3N7O2. The first-order chi connectivity index (χ1) is 21.0. The number of nitrogens with two attached hydrogens (primary N) is 1. The smallest absolute Gasteiger partial charge is 0.261 e. The minimum atomic E-state index is -1.03. The Balaban J connectivity index is 1.54. The third kappa shape index (κ3) is 5.55. The number of nitriles is 1. The molecule has 0 saturated carbocycles. The van der Waals surface area contributed by atoms with Crippen LogP contribution in [0.5, 0.6) is 0 Å². The molecule has 9 nitrogen and oxygen atoms in total. The molecule has 3 N–H and O–H groups in total. The maximum Gasteiger partial charge on any atom is 0.261 e. The molecule has 0 atom stereocenters. The average molecular weight is 598 g/mol. The third-order valence-corrected chi connectivity index (χ3v) is 7.08. The van der Waals surface area contributed by atoms with E-state index < -0.39 is 40.0 Å². The van der Waals surface area contributed by atoms with Crippen molar-refractivity contribution in [1.82, 2.24) is 19.3 Å². The average Bonchev–Trinajstić information content (AvgIpc) is 3.49. The van der Waals surface area contributed by atoms with Crippen molar-refractivity contribution >= 4 is 17.4 Å². The molecule has 0 spiro atoms. The fourth-order valence-electron chi connectivity index (χ4n) is 4.77. The fourth-order valence-corrected chi connectivity index (χ4v) is 4.77. The zero-order chi connectivity index (χ0) is 31.7. The van der Waals surface area contributed by atoms with E-state index >= 15 is 8.78 Å². The third-order valence-electron chi connectivity index (χ3n) is 7.08. The van der Waals surface area contributed by atoms with Crippen LogP contribution in [0.3, 0.4) is 0 Å². The quantitative estimate of drug-likeness (QED) is 0.231. The van der Waals surface area contributed by atoms with Crippen molar-refractivity contribution in [2.24, 2.45) is 0 Å². The Morgan fingerprint density at radius 3 is 2.36 bits per heavy atom. The maximum atomic E-state index is 15.5. The first-order valence-electron chi connectivity index (χ1n) is 13.6. The van der Waals surface area contributed by atoms with Gasteiger partial charge in [0.2, 0.25) is 5.43 Å². The number of carbonyl (C=O) groups is 1. The topological polar surface area (TPSA) is 132 Å². The highest BCUT2D eigenvalue weighted by Gasteiger charge is 2.24. The number of hydrogen-bond acceptors (Lipinski definition) is 6. The lowest BCUT2D eigenvalue weighted by Gasteiger charge is -2.18. The molecule has 0 bridgehead atoms. The number of nitrogen functional groups attached to an aromatic ring is 1. The van der Waals surface area contributed by atoms with Gasteiger partial charge in [-0.1, -0.05) is 12.1 Å². The normalized spacial score (nSPS) is 11.0. The molecule has 1 amide bonds. The largest absolute Gasteiger partial charge is 0.383 e. The van der Waals surface area contributed by atoms with E-state index in [9.17, 15) is 19.2 Å². The fraction of sp³-hybridized carbons (Fsp3) is 0.156. The van der Waals surface area contributed by atoms with Gasteiger partial charge in [-0.25, -0.2) is 18.2 Å². The Kier molecular flexibility index (Phi) is 8.05. The Morgan fingerprint density at radius 1 is 1.00 bits per heavy atom. The van der Waals surface area contributed by atoms with Crippen LogP contribution < -0.4 is 16.5 Å². The van der Waals surface area contributed by atoms with Gasteiger partial charge in [-0.05, 0) is 50.6 Å². The number of carbonyl (C=O) groups excluding carboxylic acids is 1. The van der Waals surface area contributed by atoms with E-state index in [0.717, 1.165) is 24.3 Å². The lowest BCUT2D eigenvalue weighted by atomic mass is 9.99. The van der Waals surface area contributed by atoms with Crippen molar-refractivity contribution in [1.29, 1.82) is 5.26 Å². The van der Waals surface area contributed by atoms with Crippen molar-refractivity contribution in [3.8, 4) is 39.4 Å². The number of halogens is 3. The molecule has 0 aliphatic rings. The van der Waals surface area contributed by atoms with Crippen LogP contribution in [0.25, 0.3) is 33.4 Å². The summed E-state index contributed by atoms with van der Waals surface area (Å²) >= 11 is 0.